The SMILES string of the molecule is CCOc1nc(NCc2cc(OC)ccc2OC)cc(N)c1C#N. The van der Waals surface area contributed by atoms with Gasteiger partial charge in [-0.05, 0) is 25.1 Å². The number of nitrogens with zero attached hydrogens (tertiary/aromatic N) is 2. The van der Waals surface area contributed by atoms with Crippen LogP contribution in [-0.2, 0) is 6.54 Å². The molecule has 0 unspecified atom stereocenters. The molecule has 126 valence electrons. The molecule has 0 radical (unpaired) electrons. The van der Waals surface area contributed by atoms with Crippen molar-refractivity contribution in [3.63, 3.8) is 0 Å². The number of anilines is 2. The largest absolute Gasteiger partial charge is 0.497 e. The standard InChI is InChI=1S/C17H20N4O3/c1-4-24-17-13(9-18)14(19)8-16(21-17)20-10-11-7-12(22-2)5-6-15(11)23-3/h5-8H,4,10H2,1-3H3,(H3,19,20,21). The molecular weight excluding hydrogens is 308 g/mol. The Morgan fingerprint density at radius 1 is 1.25 bits per heavy atom. The first-order valence-electron chi connectivity index (χ1n) is 7.41. The van der Waals surface area contributed by atoms with Crippen LogP contribution in [0.25, 0.3) is 0 Å². The van der Waals surface area contributed by atoms with Crippen LogP contribution in [0.4, 0.5) is 11.5 Å². The topological polar surface area (TPSA) is 102 Å². The zero-order valence-corrected chi connectivity index (χ0v) is 13.9. The average Bonchev–Trinajstić information content (AvgIpc) is 2.59. The molecule has 1 heterocycles. The van der Waals surface area contributed by atoms with Gasteiger partial charge in [-0.1, -0.05) is 0 Å². The second-order valence-corrected chi connectivity index (χ2v) is 4.85. The van der Waals surface area contributed by atoms with Crippen molar-refractivity contribution < 1.29 is 14.2 Å². The summed E-state index contributed by atoms with van der Waals surface area (Å²) in [4.78, 5) is 4.30. The quantitative estimate of drug-likeness (QED) is 0.805. The number of benzene rings is 1. The molecule has 0 aliphatic carbocycles. The van der Waals surface area contributed by atoms with Gasteiger partial charge in [0.1, 0.15) is 28.9 Å². The fourth-order valence-corrected chi connectivity index (χ4v) is 2.19. The van der Waals surface area contributed by atoms with Crippen molar-refractivity contribution in [2.45, 2.75) is 13.5 Å². The highest BCUT2D eigenvalue weighted by molar-refractivity contribution is 5.64. The van der Waals surface area contributed by atoms with Crippen molar-refractivity contribution in [2.75, 3.05) is 31.9 Å². The molecule has 0 spiro atoms. The van der Waals surface area contributed by atoms with Gasteiger partial charge in [-0.15, -0.1) is 0 Å². The lowest BCUT2D eigenvalue weighted by molar-refractivity contribution is 0.326. The van der Waals surface area contributed by atoms with E-state index in [1.165, 1.54) is 0 Å². The minimum atomic E-state index is 0.222. The normalized spacial score (nSPS) is 9.92. The van der Waals surface area contributed by atoms with Gasteiger partial charge >= 0.3 is 0 Å². The summed E-state index contributed by atoms with van der Waals surface area (Å²) in [6, 6.07) is 9.15. The minimum absolute atomic E-state index is 0.222. The second-order valence-electron chi connectivity index (χ2n) is 4.85. The number of nitrogens with one attached hydrogen (secondary N) is 1. The molecule has 3 N–H and O–H groups in total. The Morgan fingerprint density at radius 3 is 2.67 bits per heavy atom. The van der Waals surface area contributed by atoms with Gasteiger partial charge in [-0.2, -0.15) is 10.2 Å². The Labute approximate surface area is 141 Å². The highest BCUT2D eigenvalue weighted by atomic mass is 16.5. The van der Waals surface area contributed by atoms with Gasteiger partial charge < -0.3 is 25.3 Å². The van der Waals surface area contributed by atoms with Gasteiger partial charge in [0, 0.05) is 18.2 Å². The monoisotopic (exact) mass is 328 g/mol. The van der Waals surface area contributed by atoms with Crippen LogP contribution in [0.3, 0.4) is 0 Å². The van der Waals surface area contributed by atoms with E-state index < -0.39 is 0 Å². The number of ether oxygens (including phenoxy) is 3. The number of rotatable bonds is 7. The van der Waals surface area contributed by atoms with E-state index in [1.54, 1.807) is 20.3 Å². The first-order valence-corrected chi connectivity index (χ1v) is 7.41. The molecule has 0 atom stereocenters. The molecule has 24 heavy (non-hydrogen) atoms. The number of nitrogens with two attached hydrogens (primary N) is 1. The van der Waals surface area contributed by atoms with Gasteiger partial charge in [0.25, 0.3) is 0 Å². The summed E-state index contributed by atoms with van der Waals surface area (Å²) >= 11 is 0. The highest BCUT2D eigenvalue weighted by Crippen LogP contribution is 2.27. The maximum absolute atomic E-state index is 9.15. The van der Waals surface area contributed by atoms with Crippen LogP contribution in [-0.4, -0.2) is 25.8 Å². The van der Waals surface area contributed by atoms with E-state index in [4.69, 9.17) is 25.2 Å². The van der Waals surface area contributed by atoms with E-state index in [0.717, 1.165) is 17.1 Å². The molecule has 2 rings (SSSR count). The second kappa shape index (κ2) is 7.92. The zero-order chi connectivity index (χ0) is 17.5. The molecule has 1 aromatic carbocycles. The van der Waals surface area contributed by atoms with E-state index in [1.807, 2.05) is 31.2 Å². The van der Waals surface area contributed by atoms with E-state index in [9.17, 15) is 0 Å². The van der Waals surface area contributed by atoms with E-state index >= 15 is 0 Å². The lowest BCUT2D eigenvalue weighted by Crippen LogP contribution is -2.07. The number of pyridine rings is 1. The van der Waals surface area contributed by atoms with Crippen molar-refractivity contribution in [3.05, 3.63) is 35.4 Å². The van der Waals surface area contributed by atoms with E-state index in [-0.39, 0.29) is 11.4 Å². The molecule has 0 amide bonds. The van der Waals surface area contributed by atoms with Crippen molar-refractivity contribution in [2.24, 2.45) is 0 Å². The third kappa shape index (κ3) is 3.79. The Kier molecular flexibility index (Phi) is 5.68. The first kappa shape index (κ1) is 17.2. The van der Waals surface area contributed by atoms with Crippen molar-refractivity contribution in [1.82, 2.24) is 4.98 Å². The summed E-state index contributed by atoms with van der Waals surface area (Å²) in [5.74, 6) is 2.20. The predicted octanol–water partition coefficient (Wildman–Crippen LogP) is 2.56. The number of hydrogen-bond donors (Lipinski definition) is 2. The summed E-state index contributed by atoms with van der Waals surface area (Å²) in [5, 5.41) is 12.3. The van der Waals surface area contributed by atoms with Crippen LogP contribution in [0.5, 0.6) is 17.4 Å². The predicted molar refractivity (Wildman–Crippen MR) is 91.4 cm³/mol. The molecule has 7 nitrogen and oxygen atoms in total. The highest BCUT2D eigenvalue weighted by Gasteiger charge is 2.12. The smallest absolute Gasteiger partial charge is 0.235 e. The number of aromatic nitrogens is 1. The molecule has 1 aromatic heterocycles. The van der Waals surface area contributed by atoms with Crippen LogP contribution in [0.1, 0.15) is 18.1 Å². The van der Waals surface area contributed by atoms with Crippen molar-refractivity contribution in [1.29, 1.82) is 5.26 Å². The summed E-state index contributed by atoms with van der Waals surface area (Å²) in [6.45, 7) is 2.67. The zero-order valence-electron chi connectivity index (χ0n) is 13.9. The third-order valence-electron chi connectivity index (χ3n) is 3.36. The maximum Gasteiger partial charge on any atom is 0.235 e. The molecule has 2 aromatic rings. The molecular formula is C17H20N4O3. The Morgan fingerprint density at radius 2 is 2.04 bits per heavy atom. The summed E-state index contributed by atoms with van der Waals surface area (Å²) in [5.41, 5.74) is 7.36. The summed E-state index contributed by atoms with van der Waals surface area (Å²) < 4.78 is 16.0. The average molecular weight is 328 g/mol. The third-order valence-corrected chi connectivity index (χ3v) is 3.36. The van der Waals surface area contributed by atoms with Crippen LogP contribution in [0.15, 0.2) is 24.3 Å². The molecule has 0 aliphatic rings. The Hall–Kier alpha value is -3.14. The van der Waals surface area contributed by atoms with Crippen molar-refractivity contribution in [3.8, 4) is 23.4 Å². The molecule has 0 saturated carbocycles. The van der Waals surface area contributed by atoms with Crippen LogP contribution < -0.4 is 25.3 Å². The Bertz CT molecular complexity index is 756. The fraction of sp³-hybridized carbons (Fsp3) is 0.294. The lowest BCUT2D eigenvalue weighted by atomic mass is 10.2. The van der Waals surface area contributed by atoms with Gasteiger partial charge in [0.05, 0.1) is 26.5 Å². The van der Waals surface area contributed by atoms with Crippen LogP contribution in [0, 0.1) is 11.3 Å². The van der Waals surface area contributed by atoms with Gasteiger partial charge in [0.15, 0.2) is 0 Å². The molecule has 7 heteroatoms. The van der Waals surface area contributed by atoms with Gasteiger partial charge in [-0.3, -0.25) is 0 Å². The number of nitriles is 1. The summed E-state index contributed by atoms with van der Waals surface area (Å²) in [6.07, 6.45) is 0. The van der Waals surface area contributed by atoms with E-state index in [0.29, 0.717) is 24.7 Å². The summed E-state index contributed by atoms with van der Waals surface area (Å²) in [7, 11) is 3.21. The molecule has 0 fully saturated rings. The Balaban J connectivity index is 2.25. The van der Waals surface area contributed by atoms with Crippen LogP contribution in [0.2, 0.25) is 0 Å². The first-order chi connectivity index (χ1) is 11.6. The molecule has 0 saturated heterocycles. The van der Waals surface area contributed by atoms with Gasteiger partial charge in [-0.25, -0.2) is 0 Å². The number of nitrogen functional groups attached to an aromatic ring is 1. The van der Waals surface area contributed by atoms with Crippen molar-refractivity contribution >= 4 is 11.5 Å². The van der Waals surface area contributed by atoms with E-state index in [2.05, 4.69) is 10.3 Å². The number of methoxy groups -OCH3 is 2. The minimum Gasteiger partial charge on any atom is -0.497 e. The fourth-order valence-electron chi connectivity index (χ4n) is 2.19. The maximum atomic E-state index is 9.15. The lowest BCUT2D eigenvalue weighted by Gasteiger charge is -2.13. The molecule has 0 bridgehead atoms. The van der Waals surface area contributed by atoms with Crippen LogP contribution >= 0.6 is 0 Å². The molecule has 0 aliphatic heterocycles. The number of hydrogen-bond acceptors (Lipinski definition) is 7. The van der Waals surface area contributed by atoms with Gasteiger partial charge in [0.2, 0.25) is 5.88 Å².